The van der Waals surface area contributed by atoms with Gasteiger partial charge in [0.25, 0.3) is 10.0 Å². The normalized spacial score (nSPS) is 12.6. The van der Waals surface area contributed by atoms with Crippen LogP contribution in [0.5, 0.6) is 11.5 Å². The van der Waals surface area contributed by atoms with Crippen molar-refractivity contribution in [2.24, 2.45) is 0 Å². The molecule has 0 radical (unpaired) electrons. The lowest BCUT2D eigenvalue weighted by Crippen LogP contribution is -2.40. The van der Waals surface area contributed by atoms with Crippen molar-refractivity contribution < 1.29 is 52.3 Å². The second-order valence-electron chi connectivity index (χ2n) is 5.33. The molecule has 164 valence electrons. The lowest BCUT2D eigenvalue weighted by Gasteiger charge is -2.14. The molecule has 0 amide bonds. The third kappa shape index (κ3) is 4.41. The van der Waals surface area contributed by atoms with E-state index in [1.165, 1.54) is 18.2 Å². The Labute approximate surface area is 164 Å². The first-order valence-corrected chi connectivity index (χ1v) is 10.2. The molecule has 0 aliphatic carbocycles. The number of sulfonamides is 2. The van der Waals surface area contributed by atoms with Gasteiger partial charge in [0.2, 0.25) is 17.4 Å². The van der Waals surface area contributed by atoms with Crippen molar-refractivity contribution >= 4 is 26.1 Å². The van der Waals surface area contributed by atoms with Crippen LogP contribution in [0, 0.1) is 23.3 Å². The van der Waals surface area contributed by atoms with Crippen LogP contribution in [0.25, 0.3) is 6.08 Å². The average molecular weight is 479 g/mol. The fraction of sp³-hybridized carbons (Fsp3) is 0.0667. The zero-order valence-electron chi connectivity index (χ0n) is 14.1. The molecule has 0 aliphatic rings. The molecule has 2 aromatic carbocycles. The molecule has 2 rings (SSSR count). The summed E-state index contributed by atoms with van der Waals surface area (Å²) in [5.41, 5.74) is -5.68. The van der Waals surface area contributed by atoms with Gasteiger partial charge < -0.3 is 4.74 Å². The highest BCUT2D eigenvalue weighted by atomic mass is 32.3. The molecule has 2 aromatic rings. The minimum atomic E-state index is -6.68. The number of nitrogens with one attached hydrogen (secondary N) is 1. The maximum absolute atomic E-state index is 14.1. The van der Waals surface area contributed by atoms with Crippen LogP contribution in [0.2, 0.25) is 0 Å². The summed E-state index contributed by atoms with van der Waals surface area (Å²) in [7, 11) is -12.9. The second kappa shape index (κ2) is 7.88. The smallest absolute Gasteiger partial charge is 0.451 e. The SMILES string of the molecule is C=Cc1ccc(Oc2c(F)c(F)c(S(=O)(=O)NS(=O)(=O)C(F)(F)F)c(F)c2F)cc1. The lowest BCUT2D eigenvalue weighted by molar-refractivity contribution is -0.0441. The van der Waals surface area contributed by atoms with Gasteiger partial charge in [0.05, 0.1) is 0 Å². The predicted octanol–water partition coefficient (Wildman–Crippen LogP) is 3.81. The molecule has 1 N–H and O–H groups in total. The van der Waals surface area contributed by atoms with E-state index >= 15 is 0 Å². The van der Waals surface area contributed by atoms with Crippen molar-refractivity contribution in [2.45, 2.75) is 10.4 Å². The van der Waals surface area contributed by atoms with Crippen LogP contribution in [0.3, 0.4) is 0 Å². The van der Waals surface area contributed by atoms with Gasteiger partial charge in [-0.3, -0.25) is 0 Å². The number of halogens is 7. The highest BCUT2D eigenvalue weighted by Gasteiger charge is 2.49. The summed E-state index contributed by atoms with van der Waals surface area (Å²) < 4.78 is 143. The van der Waals surface area contributed by atoms with Crippen LogP contribution in [0.4, 0.5) is 30.7 Å². The molecule has 0 bridgehead atoms. The van der Waals surface area contributed by atoms with Crippen molar-refractivity contribution in [3.8, 4) is 11.5 Å². The zero-order valence-corrected chi connectivity index (χ0v) is 15.7. The van der Waals surface area contributed by atoms with Crippen molar-refractivity contribution in [2.75, 3.05) is 0 Å². The van der Waals surface area contributed by atoms with E-state index in [1.807, 2.05) is 0 Å². The van der Waals surface area contributed by atoms with E-state index < -0.39 is 59.5 Å². The quantitative estimate of drug-likeness (QED) is 0.503. The van der Waals surface area contributed by atoms with E-state index in [0.29, 0.717) is 5.56 Å². The molecule has 6 nitrogen and oxygen atoms in total. The highest BCUT2D eigenvalue weighted by Crippen LogP contribution is 2.36. The first-order valence-electron chi connectivity index (χ1n) is 7.23. The minimum Gasteiger partial charge on any atom is -0.451 e. The van der Waals surface area contributed by atoms with Gasteiger partial charge in [-0.2, -0.15) is 22.0 Å². The number of hydrogen-bond donors (Lipinski definition) is 1. The molecule has 0 unspecified atom stereocenters. The summed E-state index contributed by atoms with van der Waals surface area (Å²) in [6, 6.07) is 4.87. The first-order chi connectivity index (χ1) is 13.6. The Balaban J connectivity index is 2.58. The zero-order chi connectivity index (χ0) is 23.1. The van der Waals surface area contributed by atoms with Crippen molar-refractivity contribution in [3.05, 3.63) is 59.7 Å². The first kappa shape index (κ1) is 23.6. The molecule has 0 aromatic heterocycles. The Bertz CT molecular complexity index is 1180. The summed E-state index contributed by atoms with van der Waals surface area (Å²) >= 11 is 0. The summed E-state index contributed by atoms with van der Waals surface area (Å²) in [6.45, 7) is 3.43. The maximum Gasteiger partial charge on any atom is 0.512 e. The molecule has 0 fully saturated rings. The number of alkyl halides is 3. The molecule has 0 heterocycles. The van der Waals surface area contributed by atoms with Crippen LogP contribution in [0.1, 0.15) is 5.56 Å². The van der Waals surface area contributed by atoms with Crippen LogP contribution < -0.4 is 8.86 Å². The predicted molar refractivity (Wildman–Crippen MR) is 88.2 cm³/mol. The number of ether oxygens (including phenoxy) is 1. The van der Waals surface area contributed by atoms with Crippen molar-refractivity contribution in [3.63, 3.8) is 0 Å². The Morgan fingerprint density at radius 1 is 0.867 bits per heavy atom. The molecule has 0 saturated heterocycles. The van der Waals surface area contributed by atoms with E-state index in [0.717, 1.165) is 12.1 Å². The fourth-order valence-corrected chi connectivity index (χ4v) is 4.46. The van der Waals surface area contributed by atoms with Crippen LogP contribution >= 0.6 is 0 Å². The van der Waals surface area contributed by atoms with E-state index in [2.05, 4.69) is 11.3 Å². The fourth-order valence-electron chi connectivity index (χ4n) is 1.94. The number of hydrogen-bond acceptors (Lipinski definition) is 5. The van der Waals surface area contributed by atoms with Gasteiger partial charge in [0.15, 0.2) is 16.5 Å². The van der Waals surface area contributed by atoms with E-state index in [9.17, 15) is 47.6 Å². The van der Waals surface area contributed by atoms with E-state index in [-0.39, 0.29) is 9.88 Å². The largest absolute Gasteiger partial charge is 0.512 e. The van der Waals surface area contributed by atoms with Gasteiger partial charge in [-0.1, -0.05) is 28.9 Å². The van der Waals surface area contributed by atoms with Crippen molar-refractivity contribution in [1.29, 1.82) is 0 Å². The lowest BCUT2D eigenvalue weighted by atomic mass is 10.2. The van der Waals surface area contributed by atoms with Crippen LogP contribution in [-0.4, -0.2) is 22.3 Å². The molecular weight excluding hydrogens is 471 g/mol. The van der Waals surface area contributed by atoms with Gasteiger partial charge >= 0.3 is 15.5 Å². The van der Waals surface area contributed by atoms with Gasteiger partial charge in [-0.15, -0.1) is 0 Å². The standard InChI is InChI=1S/C15H8F7NO5S2/c1-2-7-3-5-8(6-4-7)28-13-9(16)11(18)14(12(19)10(13)17)29(24,25)23-30(26,27)15(20,21)22/h2-6,23H,1H2. The minimum absolute atomic E-state index is 0.0373. The van der Waals surface area contributed by atoms with Gasteiger partial charge in [0, 0.05) is 0 Å². The second-order valence-corrected chi connectivity index (χ2v) is 8.88. The van der Waals surface area contributed by atoms with E-state index in [4.69, 9.17) is 0 Å². The Hall–Kier alpha value is -2.65. The molecule has 30 heavy (non-hydrogen) atoms. The van der Waals surface area contributed by atoms with E-state index in [1.54, 1.807) is 0 Å². The topological polar surface area (TPSA) is 89.5 Å². The summed E-state index contributed by atoms with van der Waals surface area (Å²) in [5.74, 6) is -12.4. The molecule has 0 atom stereocenters. The molecule has 15 heteroatoms. The summed E-state index contributed by atoms with van der Waals surface area (Å²) in [6.07, 6.45) is 1.38. The Morgan fingerprint density at radius 2 is 1.33 bits per heavy atom. The monoisotopic (exact) mass is 479 g/mol. The van der Waals surface area contributed by atoms with Crippen LogP contribution in [-0.2, 0) is 20.0 Å². The third-order valence-corrected chi connectivity index (χ3v) is 6.57. The molecule has 0 saturated carbocycles. The molecule has 0 aliphatic heterocycles. The Morgan fingerprint density at radius 3 is 1.73 bits per heavy atom. The average Bonchev–Trinajstić information content (AvgIpc) is 2.62. The molecular formula is C15H8F7NO5S2. The highest BCUT2D eigenvalue weighted by molar-refractivity contribution is 8.05. The summed E-state index contributed by atoms with van der Waals surface area (Å²) in [5, 5.41) is 0. The van der Waals surface area contributed by atoms with Crippen LogP contribution in [0.15, 0.2) is 35.7 Å². The van der Waals surface area contributed by atoms with Gasteiger partial charge in [0.1, 0.15) is 5.75 Å². The van der Waals surface area contributed by atoms with Gasteiger partial charge in [-0.25, -0.2) is 25.6 Å². The number of benzene rings is 2. The van der Waals surface area contributed by atoms with Gasteiger partial charge in [-0.05, 0) is 17.7 Å². The third-order valence-electron chi connectivity index (χ3n) is 3.31. The maximum atomic E-state index is 14.1. The number of rotatable bonds is 6. The summed E-state index contributed by atoms with van der Waals surface area (Å²) in [4.78, 5) is -2.63. The van der Waals surface area contributed by atoms with Crippen molar-refractivity contribution in [1.82, 2.24) is 4.13 Å². The Kier molecular flexibility index (Phi) is 6.21. The molecule has 0 spiro atoms.